The maximum Gasteiger partial charge on any atom is 0.348 e. The average molecular weight is 407 g/mol. The number of thiophene rings is 1. The van der Waals surface area contributed by atoms with Crippen LogP contribution in [0, 0.1) is 6.92 Å². The van der Waals surface area contributed by atoms with E-state index >= 15 is 0 Å². The van der Waals surface area contributed by atoms with E-state index in [1.807, 2.05) is 0 Å². The van der Waals surface area contributed by atoms with Gasteiger partial charge in [-0.25, -0.2) is 14.6 Å². The molecule has 0 atom stereocenters. The molecule has 27 heavy (non-hydrogen) atoms. The van der Waals surface area contributed by atoms with Gasteiger partial charge in [0.15, 0.2) is 0 Å². The van der Waals surface area contributed by atoms with Crippen LogP contribution in [-0.4, -0.2) is 28.5 Å². The van der Waals surface area contributed by atoms with Crippen molar-refractivity contribution in [3.05, 3.63) is 61.5 Å². The number of aromatic amines is 1. The van der Waals surface area contributed by atoms with Crippen LogP contribution < -0.4 is 5.56 Å². The van der Waals surface area contributed by atoms with Crippen molar-refractivity contribution in [2.75, 3.05) is 6.61 Å². The first-order valence-electron chi connectivity index (χ1n) is 8.02. The standard InChI is InChI=1S/C18H15ClN2O5S/c1-3-25-18(24)14-9(2)13-15(22)20-12(21-16(13)27-14)8-26-17(23)10-4-6-11(19)7-5-10/h4-7H,3,8H2,1-2H3,(H,20,21,22). The minimum absolute atomic E-state index is 0.187. The summed E-state index contributed by atoms with van der Waals surface area (Å²) in [6, 6.07) is 6.24. The van der Waals surface area contributed by atoms with Crippen LogP contribution in [0.2, 0.25) is 5.02 Å². The second-order valence-corrected chi connectivity index (χ2v) is 6.99. The number of carbonyl (C=O) groups is 2. The van der Waals surface area contributed by atoms with Crippen molar-refractivity contribution < 1.29 is 19.1 Å². The SMILES string of the molecule is CCOC(=O)c1sc2nc(COC(=O)c3ccc(Cl)cc3)[nH]c(=O)c2c1C. The van der Waals surface area contributed by atoms with Crippen molar-refractivity contribution in [2.24, 2.45) is 0 Å². The fourth-order valence-electron chi connectivity index (χ4n) is 2.45. The summed E-state index contributed by atoms with van der Waals surface area (Å²) < 4.78 is 10.2. The molecule has 1 aromatic carbocycles. The van der Waals surface area contributed by atoms with Gasteiger partial charge in [-0.2, -0.15) is 0 Å². The van der Waals surface area contributed by atoms with Crippen LogP contribution >= 0.6 is 22.9 Å². The first-order valence-corrected chi connectivity index (χ1v) is 9.22. The number of esters is 2. The van der Waals surface area contributed by atoms with Gasteiger partial charge in [0.25, 0.3) is 5.56 Å². The monoisotopic (exact) mass is 406 g/mol. The first-order chi connectivity index (χ1) is 12.9. The Balaban J connectivity index is 1.83. The molecular formula is C18H15ClN2O5S. The van der Waals surface area contributed by atoms with E-state index in [1.165, 1.54) is 12.1 Å². The maximum absolute atomic E-state index is 12.4. The van der Waals surface area contributed by atoms with Gasteiger partial charge in [0.05, 0.1) is 17.6 Å². The van der Waals surface area contributed by atoms with E-state index in [1.54, 1.807) is 26.0 Å². The van der Waals surface area contributed by atoms with Crippen molar-refractivity contribution in [3.63, 3.8) is 0 Å². The van der Waals surface area contributed by atoms with Gasteiger partial charge >= 0.3 is 11.9 Å². The van der Waals surface area contributed by atoms with Crippen LogP contribution in [0.3, 0.4) is 0 Å². The van der Waals surface area contributed by atoms with Crippen molar-refractivity contribution in [1.29, 1.82) is 0 Å². The lowest BCUT2D eigenvalue weighted by atomic mass is 10.2. The molecule has 3 rings (SSSR count). The Morgan fingerprint density at radius 2 is 1.89 bits per heavy atom. The summed E-state index contributed by atoms with van der Waals surface area (Å²) in [5, 5.41) is 0.837. The maximum atomic E-state index is 12.4. The number of nitrogens with zero attached hydrogens (tertiary/aromatic N) is 1. The van der Waals surface area contributed by atoms with Gasteiger partial charge in [0, 0.05) is 5.02 Å². The molecule has 0 amide bonds. The first kappa shape index (κ1) is 19.1. The van der Waals surface area contributed by atoms with Gasteiger partial charge in [-0.05, 0) is 43.7 Å². The number of aromatic nitrogens is 2. The minimum Gasteiger partial charge on any atom is -0.462 e. The highest BCUT2D eigenvalue weighted by atomic mass is 35.5. The molecule has 3 aromatic rings. The normalized spacial score (nSPS) is 10.8. The lowest BCUT2D eigenvalue weighted by Crippen LogP contribution is -2.14. The number of hydrogen-bond donors (Lipinski definition) is 1. The molecule has 0 fully saturated rings. The Morgan fingerprint density at radius 1 is 1.19 bits per heavy atom. The second kappa shape index (κ2) is 7.89. The van der Waals surface area contributed by atoms with Crippen molar-refractivity contribution in [1.82, 2.24) is 9.97 Å². The summed E-state index contributed by atoms with van der Waals surface area (Å²) >= 11 is 6.86. The molecule has 0 unspecified atom stereocenters. The Morgan fingerprint density at radius 3 is 2.56 bits per heavy atom. The molecule has 0 radical (unpaired) electrons. The molecule has 140 valence electrons. The largest absolute Gasteiger partial charge is 0.462 e. The highest BCUT2D eigenvalue weighted by Gasteiger charge is 2.20. The molecule has 9 heteroatoms. The number of aryl methyl sites for hydroxylation is 1. The van der Waals surface area contributed by atoms with E-state index in [0.29, 0.717) is 31.2 Å². The summed E-state index contributed by atoms with van der Waals surface area (Å²) in [6.45, 7) is 3.40. The zero-order valence-electron chi connectivity index (χ0n) is 14.5. The predicted octanol–water partition coefficient (Wildman–Crippen LogP) is 3.48. The fraction of sp³-hybridized carbons (Fsp3) is 0.222. The number of benzene rings is 1. The quantitative estimate of drug-likeness (QED) is 0.651. The van der Waals surface area contributed by atoms with Crippen LogP contribution in [0.4, 0.5) is 0 Å². The van der Waals surface area contributed by atoms with E-state index in [4.69, 9.17) is 21.1 Å². The third-order valence-corrected chi connectivity index (χ3v) is 5.15. The highest BCUT2D eigenvalue weighted by molar-refractivity contribution is 7.20. The predicted molar refractivity (Wildman–Crippen MR) is 102 cm³/mol. The number of hydrogen-bond acceptors (Lipinski definition) is 7. The van der Waals surface area contributed by atoms with E-state index in [-0.39, 0.29) is 19.0 Å². The molecule has 0 aliphatic heterocycles. The average Bonchev–Trinajstić information content (AvgIpc) is 2.97. The third-order valence-electron chi connectivity index (χ3n) is 3.73. The Kier molecular flexibility index (Phi) is 5.57. The molecule has 7 nitrogen and oxygen atoms in total. The number of H-pyrrole nitrogens is 1. The molecule has 0 bridgehead atoms. The van der Waals surface area contributed by atoms with Crippen molar-refractivity contribution >= 4 is 45.1 Å². The lowest BCUT2D eigenvalue weighted by molar-refractivity contribution is 0.0461. The van der Waals surface area contributed by atoms with Gasteiger partial charge in [-0.3, -0.25) is 4.79 Å². The van der Waals surface area contributed by atoms with Crippen LogP contribution in [0.25, 0.3) is 10.2 Å². The van der Waals surface area contributed by atoms with E-state index < -0.39 is 17.5 Å². The van der Waals surface area contributed by atoms with Crippen LogP contribution in [0.5, 0.6) is 0 Å². The summed E-state index contributed by atoms with van der Waals surface area (Å²) in [5.41, 5.74) is 0.452. The lowest BCUT2D eigenvalue weighted by Gasteiger charge is -2.04. The third kappa shape index (κ3) is 4.01. The van der Waals surface area contributed by atoms with Crippen molar-refractivity contribution in [2.45, 2.75) is 20.5 Å². The highest BCUT2D eigenvalue weighted by Crippen LogP contribution is 2.27. The molecule has 1 N–H and O–H groups in total. The molecule has 0 spiro atoms. The van der Waals surface area contributed by atoms with E-state index in [0.717, 1.165) is 11.3 Å². The zero-order chi connectivity index (χ0) is 19.6. The molecule has 0 aliphatic carbocycles. The van der Waals surface area contributed by atoms with E-state index in [9.17, 15) is 14.4 Å². The van der Waals surface area contributed by atoms with Crippen LogP contribution in [0.1, 0.15) is 38.3 Å². The smallest absolute Gasteiger partial charge is 0.348 e. The summed E-state index contributed by atoms with van der Waals surface area (Å²) in [7, 11) is 0. The van der Waals surface area contributed by atoms with Gasteiger partial charge < -0.3 is 14.5 Å². The molecule has 0 saturated carbocycles. The Bertz CT molecular complexity index is 1070. The number of nitrogens with one attached hydrogen (secondary N) is 1. The van der Waals surface area contributed by atoms with Crippen LogP contribution in [-0.2, 0) is 16.1 Å². The number of carbonyl (C=O) groups excluding carboxylic acids is 2. The number of fused-ring (bicyclic) bond motifs is 1. The summed E-state index contributed by atoms with van der Waals surface area (Å²) in [5.74, 6) is -0.872. The summed E-state index contributed by atoms with van der Waals surface area (Å²) in [4.78, 5) is 44.0. The van der Waals surface area contributed by atoms with Crippen LogP contribution in [0.15, 0.2) is 29.1 Å². The summed E-state index contributed by atoms with van der Waals surface area (Å²) in [6.07, 6.45) is 0. The molecule has 0 saturated heterocycles. The second-order valence-electron chi connectivity index (χ2n) is 5.55. The van der Waals surface area contributed by atoms with Gasteiger partial charge in [0.1, 0.15) is 22.1 Å². The molecule has 0 aliphatic rings. The number of rotatable bonds is 5. The van der Waals surface area contributed by atoms with Gasteiger partial charge in [-0.1, -0.05) is 11.6 Å². The molecule has 2 aromatic heterocycles. The fourth-order valence-corrected chi connectivity index (χ4v) is 3.67. The zero-order valence-corrected chi connectivity index (χ0v) is 16.1. The topological polar surface area (TPSA) is 98.3 Å². The minimum atomic E-state index is -0.566. The Labute approximate surface area is 162 Å². The van der Waals surface area contributed by atoms with Gasteiger partial charge in [0.2, 0.25) is 0 Å². The van der Waals surface area contributed by atoms with Crippen molar-refractivity contribution in [3.8, 4) is 0 Å². The molecular weight excluding hydrogens is 392 g/mol. The van der Waals surface area contributed by atoms with E-state index in [2.05, 4.69) is 9.97 Å². The van der Waals surface area contributed by atoms with Gasteiger partial charge in [-0.15, -0.1) is 11.3 Å². The number of halogens is 1. The molecule has 2 heterocycles. The Hall–Kier alpha value is -2.71. The number of ether oxygens (including phenoxy) is 2.